The van der Waals surface area contributed by atoms with E-state index in [1.165, 1.54) is 73.6 Å². The molecule has 0 saturated heterocycles. The van der Waals surface area contributed by atoms with Gasteiger partial charge in [-0.05, 0) is 53.2 Å². The van der Waals surface area contributed by atoms with Crippen molar-refractivity contribution < 1.29 is 73.9 Å². The maximum absolute atomic E-state index is 14.0. The number of Topliss-reactive ketones (excluding diaryl/α,β-unsaturated/α-hetero) is 1. The number of anilines is 1. The van der Waals surface area contributed by atoms with Crippen molar-refractivity contribution in [2.45, 2.75) is 97.9 Å². The molecule has 3 aliphatic heterocycles. The number of carbonyl (C=O) groups excluding carboxylic acids is 4. The van der Waals surface area contributed by atoms with Crippen molar-refractivity contribution in [3.05, 3.63) is 69.2 Å². The lowest BCUT2D eigenvalue weighted by atomic mass is 9.74. The Morgan fingerprint density at radius 2 is 1.43 bits per heavy atom. The zero-order valence-corrected chi connectivity index (χ0v) is 33.0. The SMILES string of the molecule is COC(=O)C1C(O)C(C)C(O)C(C)(O)C=C/C=C(\C)C(=O)Nc2c(C)c(OC(C)=O)c3c(c2O)C(=O)C(C)=C2OCOC(=C23)C(C)=CC(C)(O)C(O)C(C)C1O. The largest absolute Gasteiger partial charge is 0.505 e. The van der Waals surface area contributed by atoms with Gasteiger partial charge in [-0.1, -0.05) is 32.1 Å². The molecule has 1 aliphatic carbocycles. The number of esters is 2. The number of aliphatic hydroxyl groups excluding tert-OH is 4. The highest BCUT2D eigenvalue weighted by Gasteiger charge is 2.48. The van der Waals surface area contributed by atoms with E-state index in [4.69, 9.17) is 18.9 Å². The molecule has 9 atom stereocenters. The van der Waals surface area contributed by atoms with Crippen LogP contribution in [-0.2, 0) is 28.6 Å². The van der Waals surface area contributed by atoms with Crippen LogP contribution in [0.1, 0.15) is 76.9 Å². The number of benzene rings is 1. The lowest BCUT2D eigenvalue weighted by Crippen LogP contribution is -2.54. The van der Waals surface area contributed by atoms with Gasteiger partial charge in [-0.15, -0.1) is 0 Å². The molecule has 8 N–H and O–H groups in total. The second-order valence-corrected chi connectivity index (χ2v) is 15.0. The average Bonchev–Trinajstić information content (AvgIpc) is 3.13. The summed E-state index contributed by atoms with van der Waals surface area (Å²) < 4.78 is 22.2. The minimum absolute atomic E-state index is 0.00246. The molecule has 16 nitrogen and oxygen atoms in total. The van der Waals surface area contributed by atoms with E-state index in [2.05, 4.69) is 5.32 Å². The third kappa shape index (κ3) is 8.03. The first kappa shape index (κ1) is 43.9. The van der Waals surface area contributed by atoms with Crippen molar-refractivity contribution in [1.29, 1.82) is 0 Å². The normalized spacial score (nSPS) is 32.8. The molecule has 0 aromatic heterocycles. The fourth-order valence-corrected chi connectivity index (χ4v) is 7.31. The molecule has 4 bridgehead atoms. The zero-order valence-electron chi connectivity index (χ0n) is 33.0. The van der Waals surface area contributed by atoms with E-state index < -0.39 is 89.5 Å². The highest BCUT2D eigenvalue weighted by atomic mass is 16.7. The standard InChI is InChI=1S/C40H51NO15/c1-16-12-11-13-39(8,51)35(47)20(5)29(44)26(38(50)53-10)30(45)21(6)36(48)40(9,52)14-17(2)32-25-23-24(28(43)19(4)33(25)55-15-54-32)31(46)27(41-37(16)49)18(3)34(23)56-22(7)42/h11-14,20-21,26,29-30,35-36,44-48,51-52H,15H2,1-10H3,(H,41,49)/b13-11?,16-12+,17-14?. The number of phenolic OH excluding ortho intramolecular Hbond substituents is 1. The minimum Gasteiger partial charge on any atom is -0.505 e. The van der Waals surface area contributed by atoms with Crippen LogP contribution in [0.2, 0.25) is 0 Å². The van der Waals surface area contributed by atoms with Gasteiger partial charge in [0, 0.05) is 41.0 Å². The van der Waals surface area contributed by atoms with Gasteiger partial charge in [-0.25, -0.2) is 0 Å². The van der Waals surface area contributed by atoms with E-state index in [9.17, 15) is 54.9 Å². The number of aliphatic hydroxyl groups is 6. The summed E-state index contributed by atoms with van der Waals surface area (Å²) >= 11 is 0. The summed E-state index contributed by atoms with van der Waals surface area (Å²) in [5, 5.41) is 82.9. The molecule has 0 spiro atoms. The minimum atomic E-state index is -2.22. The second-order valence-electron chi connectivity index (χ2n) is 15.0. The van der Waals surface area contributed by atoms with Crippen LogP contribution in [-0.4, -0.2) is 109 Å². The summed E-state index contributed by atoms with van der Waals surface area (Å²) in [5.41, 5.74) is -4.84. The van der Waals surface area contributed by atoms with Gasteiger partial charge in [-0.2, -0.15) is 0 Å². The first-order valence-electron chi connectivity index (χ1n) is 17.9. The number of fused-ring (bicyclic) bond motifs is 14. The summed E-state index contributed by atoms with van der Waals surface area (Å²) in [6, 6.07) is 0. The monoisotopic (exact) mass is 785 g/mol. The summed E-state index contributed by atoms with van der Waals surface area (Å²) in [7, 11) is 1.01. The van der Waals surface area contributed by atoms with Crippen LogP contribution in [0.5, 0.6) is 11.5 Å². The summed E-state index contributed by atoms with van der Waals surface area (Å²) in [6.45, 7) is 11.5. The van der Waals surface area contributed by atoms with Crippen LogP contribution < -0.4 is 10.1 Å². The molecule has 0 radical (unpaired) electrons. The molecule has 1 amide bonds. The molecule has 9 unspecified atom stereocenters. The number of carbonyl (C=O) groups is 4. The predicted molar refractivity (Wildman–Crippen MR) is 200 cm³/mol. The van der Waals surface area contributed by atoms with E-state index in [0.717, 1.165) is 20.1 Å². The number of ether oxygens (including phenoxy) is 4. The Kier molecular flexibility index (Phi) is 12.8. The van der Waals surface area contributed by atoms with Crippen LogP contribution in [0.25, 0.3) is 5.57 Å². The van der Waals surface area contributed by atoms with Crippen molar-refractivity contribution in [3.8, 4) is 11.5 Å². The molecule has 0 fully saturated rings. The Hall–Kier alpha value is -4.84. The Morgan fingerprint density at radius 3 is 1.98 bits per heavy atom. The van der Waals surface area contributed by atoms with Gasteiger partial charge in [0.05, 0.1) is 48.3 Å². The molecular formula is C40H51NO15. The number of methoxy groups -OCH3 is 1. The number of allylic oxidation sites excluding steroid dienone is 5. The van der Waals surface area contributed by atoms with Gasteiger partial charge < -0.3 is 60.0 Å². The maximum atomic E-state index is 14.0. The Labute approximate surface area is 324 Å². The number of phenols is 1. The molecular weight excluding hydrogens is 734 g/mol. The van der Waals surface area contributed by atoms with Crippen LogP contribution in [0.15, 0.2) is 52.5 Å². The molecule has 56 heavy (non-hydrogen) atoms. The zero-order chi connectivity index (χ0) is 42.4. The van der Waals surface area contributed by atoms with E-state index in [1.54, 1.807) is 0 Å². The average molecular weight is 786 g/mol. The van der Waals surface area contributed by atoms with Crippen LogP contribution >= 0.6 is 0 Å². The number of rotatable bonds is 2. The number of nitrogens with one attached hydrogen (secondary N) is 1. The van der Waals surface area contributed by atoms with Crippen molar-refractivity contribution >= 4 is 34.9 Å². The predicted octanol–water partition coefficient (Wildman–Crippen LogP) is 2.22. The van der Waals surface area contributed by atoms with Crippen LogP contribution in [0.4, 0.5) is 5.69 Å². The first-order chi connectivity index (χ1) is 25.9. The lowest BCUT2D eigenvalue weighted by molar-refractivity contribution is -0.171. The van der Waals surface area contributed by atoms with Crippen molar-refractivity contribution in [1.82, 2.24) is 0 Å². The van der Waals surface area contributed by atoms with Crippen LogP contribution in [0.3, 0.4) is 0 Å². The molecule has 3 heterocycles. The topological polar surface area (TPSA) is 259 Å². The number of amides is 1. The van der Waals surface area contributed by atoms with Crippen molar-refractivity contribution in [2.75, 3.05) is 19.2 Å². The Balaban J connectivity index is 2.08. The number of hydrogen-bond donors (Lipinski definition) is 8. The molecule has 1 aromatic carbocycles. The van der Waals surface area contributed by atoms with Crippen LogP contribution in [0, 0.1) is 24.7 Å². The molecule has 1 aromatic rings. The van der Waals surface area contributed by atoms with Gasteiger partial charge >= 0.3 is 11.9 Å². The fourth-order valence-electron chi connectivity index (χ4n) is 7.31. The van der Waals surface area contributed by atoms with Gasteiger partial charge in [-0.3, -0.25) is 19.2 Å². The van der Waals surface area contributed by atoms with E-state index >= 15 is 0 Å². The van der Waals surface area contributed by atoms with E-state index in [0.29, 0.717) is 0 Å². The summed E-state index contributed by atoms with van der Waals surface area (Å²) in [5.74, 6) is -8.84. The van der Waals surface area contributed by atoms with Gasteiger partial charge in [0.15, 0.2) is 11.5 Å². The van der Waals surface area contributed by atoms with E-state index in [-0.39, 0.29) is 61.9 Å². The molecule has 16 heteroatoms. The molecule has 5 rings (SSSR count). The third-order valence-corrected chi connectivity index (χ3v) is 10.7. The number of hydrogen-bond acceptors (Lipinski definition) is 15. The van der Waals surface area contributed by atoms with Gasteiger partial charge in [0.2, 0.25) is 6.79 Å². The van der Waals surface area contributed by atoms with Crippen molar-refractivity contribution in [3.63, 3.8) is 0 Å². The maximum Gasteiger partial charge on any atom is 0.313 e. The summed E-state index contributed by atoms with van der Waals surface area (Å²) in [6.07, 6.45) is -2.56. The smallest absolute Gasteiger partial charge is 0.313 e. The highest BCUT2D eigenvalue weighted by Crippen LogP contribution is 2.53. The second kappa shape index (κ2) is 16.3. The number of aromatic hydroxyl groups is 1. The number of ketones is 1. The molecule has 0 saturated carbocycles. The van der Waals surface area contributed by atoms with Gasteiger partial charge in [0.25, 0.3) is 5.91 Å². The Morgan fingerprint density at radius 1 is 0.875 bits per heavy atom. The summed E-state index contributed by atoms with van der Waals surface area (Å²) in [4.78, 5) is 53.1. The fraction of sp³-hybridized carbons (Fsp3) is 0.500. The third-order valence-electron chi connectivity index (χ3n) is 10.7. The quantitative estimate of drug-likeness (QED) is 0.122. The molecule has 306 valence electrons. The van der Waals surface area contributed by atoms with Crippen molar-refractivity contribution in [2.24, 2.45) is 17.8 Å². The lowest BCUT2D eigenvalue weighted by Gasteiger charge is -2.40. The van der Waals surface area contributed by atoms with Gasteiger partial charge in [0.1, 0.15) is 34.4 Å². The Bertz CT molecular complexity index is 1970. The van der Waals surface area contributed by atoms with E-state index in [1.807, 2.05) is 0 Å². The highest BCUT2D eigenvalue weighted by molar-refractivity contribution is 6.21. The first-order valence-corrected chi connectivity index (χ1v) is 17.9. The molecule has 4 aliphatic rings.